The molecule has 1 aliphatic rings. The van der Waals surface area contributed by atoms with E-state index >= 15 is 0 Å². The van der Waals surface area contributed by atoms with Crippen molar-refractivity contribution in [3.05, 3.63) is 11.6 Å². The molecule has 0 atom stereocenters. The first-order valence-corrected chi connectivity index (χ1v) is 3.02. The van der Waals surface area contributed by atoms with Gasteiger partial charge in [-0.2, -0.15) is 0 Å². The highest BCUT2D eigenvalue weighted by atomic mass is 127. The number of carbonyl (C=O) groups excluding carboxylic acids is 1. The van der Waals surface area contributed by atoms with Gasteiger partial charge in [0.05, 0.1) is 22.9 Å². The molecule has 1 N–H and O–H groups in total. The number of rotatable bonds is 1. The van der Waals surface area contributed by atoms with E-state index in [4.69, 9.17) is 0 Å². The summed E-state index contributed by atoms with van der Waals surface area (Å²) in [5.74, 6) is 0.0561. The van der Waals surface area contributed by atoms with Crippen molar-refractivity contribution in [2.75, 3.05) is 0 Å². The van der Waals surface area contributed by atoms with Crippen LogP contribution in [0.4, 0.5) is 0 Å². The van der Waals surface area contributed by atoms with Crippen LogP contribution in [0.15, 0.2) is 11.6 Å². The molecule has 0 aromatic carbocycles. The number of amides is 1. The number of halogens is 1. The summed E-state index contributed by atoms with van der Waals surface area (Å²) in [6, 6.07) is 0. The highest BCUT2D eigenvalue weighted by molar-refractivity contribution is 14.1. The predicted molar refractivity (Wildman–Crippen MR) is 34.9 cm³/mol. The third-order valence-corrected chi connectivity index (χ3v) is 1.28. The van der Waals surface area contributed by atoms with E-state index in [9.17, 15) is 4.79 Å². The highest BCUT2D eigenvalue weighted by Crippen LogP contribution is 2.17. The van der Waals surface area contributed by atoms with E-state index in [1.54, 1.807) is 0 Å². The topological polar surface area (TPSA) is 29.1 Å². The highest BCUT2D eigenvalue weighted by Gasteiger charge is 2.14. The monoisotopic (exact) mass is 209 g/mol. The van der Waals surface area contributed by atoms with Gasteiger partial charge in [0.2, 0.25) is 0 Å². The van der Waals surface area contributed by atoms with Crippen LogP contribution in [-0.2, 0) is 4.79 Å². The Morgan fingerprint density at radius 1 is 2.00 bits per heavy atom. The maximum absolute atomic E-state index is 10.4. The summed E-state index contributed by atoms with van der Waals surface area (Å²) >= 11 is 1.83. The normalized spacial score (nSPS) is 15.3. The Kier molecular flexibility index (Phi) is 1.32. The fourth-order valence-corrected chi connectivity index (χ4v) is 0.644. The van der Waals surface area contributed by atoms with E-state index in [0.29, 0.717) is 0 Å². The lowest BCUT2D eigenvalue weighted by atomic mass is 10.5. The molecular formula is C4H4INO. The number of hydrogen-bond acceptors (Lipinski definition) is 1. The zero-order valence-corrected chi connectivity index (χ0v) is 5.73. The summed E-state index contributed by atoms with van der Waals surface area (Å²) in [5.41, 5.74) is 0.911. The fourth-order valence-electron chi connectivity index (χ4n) is 0.297. The molecule has 7 heavy (non-hydrogen) atoms. The summed E-state index contributed by atoms with van der Waals surface area (Å²) in [6.45, 7) is 0. The molecule has 0 unspecified atom stereocenters. The number of carbonyl (C=O) groups is 1. The van der Waals surface area contributed by atoms with Gasteiger partial charge in [0.25, 0.3) is 5.91 Å². The van der Waals surface area contributed by atoms with Crippen LogP contribution in [0.3, 0.4) is 0 Å². The summed E-state index contributed by atoms with van der Waals surface area (Å²) in [4.78, 5) is 10.4. The van der Waals surface area contributed by atoms with E-state index < -0.39 is 0 Å². The molecule has 0 saturated carbocycles. The Morgan fingerprint density at radius 2 is 2.57 bits per heavy atom. The summed E-state index contributed by atoms with van der Waals surface area (Å²) in [5, 5.41) is 0. The van der Waals surface area contributed by atoms with Gasteiger partial charge in [-0.3, -0.25) is 8.32 Å². The van der Waals surface area contributed by atoms with E-state index in [0.717, 1.165) is 12.0 Å². The first kappa shape index (κ1) is 5.08. The van der Waals surface area contributed by atoms with Crippen LogP contribution in [0.1, 0.15) is 6.42 Å². The molecule has 0 fully saturated rings. The smallest absolute Gasteiger partial charge is 0.255 e. The molecule has 1 amide bonds. The summed E-state index contributed by atoms with van der Waals surface area (Å²) < 4.78 is 2.49. The van der Waals surface area contributed by atoms with Crippen molar-refractivity contribution in [1.82, 2.24) is 3.53 Å². The van der Waals surface area contributed by atoms with Gasteiger partial charge in [-0.15, -0.1) is 0 Å². The van der Waals surface area contributed by atoms with Gasteiger partial charge in [-0.1, -0.05) is 6.08 Å². The standard InChI is InChI=1S/C4H4INO/c5-6-4(7)3-1-2-3/h1H,2H2,(H,6,7). The number of nitrogens with one attached hydrogen (secondary N) is 1. The van der Waals surface area contributed by atoms with Gasteiger partial charge in [0, 0.05) is 5.57 Å². The fraction of sp³-hybridized carbons (Fsp3) is 0.250. The molecule has 0 aromatic heterocycles. The zero-order valence-electron chi connectivity index (χ0n) is 3.57. The summed E-state index contributed by atoms with van der Waals surface area (Å²) in [6.07, 6.45) is 2.78. The molecule has 0 aromatic rings. The summed E-state index contributed by atoms with van der Waals surface area (Å²) in [7, 11) is 0. The van der Waals surface area contributed by atoms with Crippen LogP contribution in [0.25, 0.3) is 0 Å². The molecule has 0 aliphatic heterocycles. The van der Waals surface area contributed by atoms with Gasteiger partial charge in [0.1, 0.15) is 0 Å². The van der Waals surface area contributed by atoms with E-state index in [-0.39, 0.29) is 5.91 Å². The maximum Gasteiger partial charge on any atom is 0.255 e. The van der Waals surface area contributed by atoms with Crippen molar-refractivity contribution in [2.45, 2.75) is 6.42 Å². The minimum absolute atomic E-state index is 0.0561. The van der Waals surface area contributed by atoms with Gasteiger partial charge in [-0.25, -0.2) is 0 Å². The third kappa shape index (κ3) is 1.15. The van der Waals surface area contributed by atoms with E-state index in [1.807, 2.05) is 28.9 Å². The van der Waals surface area contributed by atoms with Crippen LogP contribution >= 0.6 is 22.9 Å². The second kappa shape index (κ2) is 1.81. The Bertz CT molecular complexity index is 130. The van der Waals surface area contributed by atoms with Crippen LogP contribution in [0, 0.1) is 0 Å². The molecule has 3 heteroatoms. The van der Waals surface area contributed by atoms with E-state index in [2.05, 4.69) is 3.53 Å². The first-order chi connectivity index (χ1) is 3.34. The van der Waals surface area contributed by atoms with Crippen molar-refractivity contribution in [1.29, 1.82) is 0 Å². The molecule has 0 radical (unpaired) electrons. The minimum Gasteiger partial charge on any atom is -0.295 e. The Labute approximate surface area is 55.5 Å². The van der Waals surface area contributed by atoms with Crippen LogP contribution in [0.5, 0.6) is 0 Å². The van der Waals surface area contributed by atoms with Crippen LogP contribution in [0.2, 0.25) is 0 Å². The average molecular weight is 209 g/mol. The molecule has 1 aliphatic carbocycles. The SMILES string of the molecule is O=C(NI)C1=CC1. The zero-order chi connectivity index (χ0) is 5.28. The van der Waals surface area contributed by atoms with Crippen molar-refractivity contribution < 1.29 is 4.79 Å². The number of allylic oxidation sites excluding steroid dienone is 1. The molecule has 0 bridgehead atoms. The van der Waals surface area contributed by atoms with Gasteiger partial charge in [0.15, 0.2) is 0 Å². The quantitative estimate of drug-likeness (QED) is 0.501. The molecule has 0 saturated heterocycles. The first-order valence-electron chi connectivity index (χ1n) is 1.94. The maximum atomic E-state index is 10.4. The van der Waals surface area contributed by atoms with Crippen molar-refractivity contribution >= 4 is 28.8 Å². The Hall–Kier alpha value is -0.0600. The van der Waals surface area contributed by atoms with Gasteiger partial charge < -0.3 is 0 Å². The Morgan fingerprint density at radius 3 is 2.71 bits per heavy atom. The average Bonchev–Trinajstić information content (AvgIpc) is 2.44. The third-order valence-electron chi connectivity index (χ3n) is 0.786. The molecule has 2 nitrogen and oxygen atoms in total. The largest absolute Gasteiger partial charge is 0.295 e. The molecule has 0 heterocycles. The molecule has 1 rings (SSSR count). The lowest BCUT2D eigenvalue weighted by Gasteiger charge is -1.83. The Balaban J connectivity index is 2.39. The van der Waals surface area contributed by atoms with Crippen molar-refractivity contribution in [3.8, 4) is 0 Å². The second-order valence-corrected chi connectivity index (χ2v) is 1.90. The van der Waals surface area contributed by atoms with Crippen LogP contribution in [-0.4, -0.2) is 5.91 Å². The van der Waals surface area contributed by atoms with E-state index in [1.165, 1.54) is 0 Å². The van der Waals surface area contributed by atoms with Crippen LogP contribution < -0.4 is 3.53 Å². The minimum atomic E-state index is 0.0561. The van der Waals surface area contributed by atoms with Gasteiger partial charge >= 0.3 is 0 Å². The van der Waals surface area contributed by atoms with Crippen molar-refractivity contribution in [2.24, 2.45) is 0 Å². The predicted octanol–water partition coefficient (Wildman–Crippen LogP) is 0.783. The lowest BCUT2D eigenvalue weighted by molar-refractivity contribution is -0.114. The molecule has 0 spiro atoms. The second-order valence-electron chi connectivity index (χ2n) is 1.36. The number of hydrogen-bond donors (Lipinski definition) is 1. The molecular weight excluding hydrogens is 205 g/mol. The van der Waals surface area contributed by atoms with Crippen molar-refractivity contribution in [3.63, 3.8) is 0 Å². The lowest BCUT2D eigenvalue weighted by Crippen LogP contribution is -2.08. The molecule has 38 valence electrons. The van der Waals surface area contributed by atoms with Gasteiger partial charge in [-0.05, 0) is 6.42 Å².